The lowest BCUT2D eigenvalue weighted by atomic mass is 9.96. The molecule has 1 atom stereocenters. The summed E-state index contributed by atoms with van der Waals surface area (Å²) in [4.78, 5) is 0. The summed E-state index contributed by atoms with van der Waals surface area (Å²) < 4.78 is 21.2. The lowest BCUT2D eigenvalue weighted by Gasteiger charge is -2.23. The largest absolute Gasteiger partial charge is 0.501 e. The van der Waals surface area contributed by atoms with E-state index in [1.165, 1.54) is 0 Å². The number of hydrogen-bond acceptors (Lipinski definition) is 5. The van der Waals surface area contributed by atoms with E-state index in [9.17, 15) is 5.11 Å². The molecular weight excluding hydrogens is 260 g/mol. The van der Waals surface area contributed by atoms with Crippen LogP contribution in [-0.4, -0.2) is 33.0 Å². The van der Waals surface area contributed by atoms with E-state index in [1.807, 2.05) is 0 Å². The fourth-order valence-electron chi connectivity index (χ4n) is 2.27. The van der Waals surface area contributed by atoms with Crippen molar-refractivity contribution in [2.45, 2.75) is 18.9 Å². The summed E-state index contributed by atoms with van der Waals surface area (Å²) in [5.74, 6) is 1.67. The average molecular weight is 280 g/mol. The molecule has 5 heteroatoms. The van der Waals surface area contributed by atoms with Gasteiger partial charge in [0.1, 0.15) is 23.4 Å². The van der Waals surface area contributed by atoms with E-state index in [1.54, 1.807) is 39.7 Å². The summed E-state index contributed by atoms with van der Waals surface area (Å²) in [7, 11) is 4.67. The van der Waals surface area contributed by atoms with Crippen LogP contribution >= 0.6 is 0 Å². The van der Waals surface area contributed by atoms with Crippen LogP contribution < -0.4 is 14.2 Å². The van der Waals surface area contributed by atoms with Crippen molar-refractivity contribution >= 4 is 0 Å². The van der Waals surface area contributed by atoms with Crippen LogP contribution in [0.2, 0.25) is 0 Å². The number of aliphatic hydroxyl groups excluding tert-OH is 1. The minimum absolute atomic E-state index is 0.528. The zero-order valence-corrected chi connectivity index (χ0v) is 12.0. The van der Waals surface area contributed by atoms with Crippen LogP contribution in [0, 0.1) is 0 Å². The Labute approximate surface area is 118 Å². The Kier molecular flexibility index (Phi) is 4.74. The molecule has 20 heavy (non-hydrogen) atoms. The molecular formula is C15H20O5. The molecule has 5 nitrogen and oxygen atoms in total. The van der Waals surface area contributed by atoms with Gasteiger partial charge in [0, 0.05) is 12.1 Å². The smallest absolute Gasteiger partial charge is 0.132 e. The molecule has 1 aliphatic heterocycles. The first kappa shape index (κ1) is 14.5. The van der Waals surface area contributed by atoms with E-state index in [0.29, 0.717) is 29.4 Å². The molecule has 0 amide bonds. The van der Waals surface area contributed by atoms with Crippen molar-refractivity contribution in [2.24, 2.45) is 0 Å². The van der Waals surface area contributed by atoms with E-state index in [0.717, 1.165) is 18.4 Å². The van der Waals surface area contributed by atoms with Gasteiger partial charge in [-0.05, 0) is 18.4 Å². The maximum absolute atomic E-state index is 10.6. The normalized spacial score (nSPS) is 15.9. The molecule has 0 spiro atoms. The minimum Gasteiger partial charge on any atom is -0.501 e. The summed E-state index contributed by atoms with van der Waals surface area (Å²) in [5, 5.41) is 10.6. The maximum atomic E-state index is 10.6. The first-order valence-electron chi connectivity index (χ1n) is 6.49. The third-order valence-corrected chi connectivity index (χ3v) is 3.34. The van der Waals surface area contributed by atoms with Crippen molar-refractivity contribution in [3.63, 3.8) is 0 Å². The molecule has 1 aromatic rings. The van der Waals surface area contributed by atoms with Gasteiger partial charge in [0.2, 0.25) is 0 Å². The molecule has 1 unspecified atom stereocenters. The molecule has 0 radical (unpaired) electrons. The van der Waals surface area contributed by atoms with Crippen LogP contribution in [0.3, 0.4) is 0 Å². The summed E-state index contributed by atoms with van der Waals surface area (Å²) in [6.07, 6.45) is 2.49. The number of aliphatic hydroxyl groups is 1. The second-order valence-corrected chi connectivity index (χ2v) is 4.52. The number of ether oxygens (including phenoxy) is 4. The highest BCUT2D eigenvalue weighted by molar-refractivity contribution is 5.53. The van der Waals surface area contributed by atoms with Crippen LogP contribution in [0.5, 0.6) is 17.2 Å². The standard InChI is InChI=1S/C15H20O5/c1-17-11-7-12(18-2)14(13(8-11)19-3)15(16)10-5-4-6-20-9-10/h7-9,15-16H,4-6H2,1-3H3. The van der Waals surface area contributed by atoms with Gasteiger partial charge < -0.3 is 24.1 Å². The van der Waals surface area contributed by atoms with Crippen LogP contribution in [0.4, 0.5) is 0 Å². The van der Waals surface area contributed by atoms with E-state index in [-0.39, 0.29) is 0 Å². The van der Waals surface area contributed by atoms with Gasteiger partial charge in [-0.25, -0.2) is 0 Å². The topological polar surface area (TPSA) is 57.2 Å². The Balaban J connectivity index is 2.45. The molecule has 1 aromatic carbocycles. The molecule has 0 bridgehead atoms. The fourth-order valence-corrected chi connectivity index (χ4v) is 2.27. The van der Waals surface area contributed by atoms with E-state index in [2.05, 4.69) is 0 Å². The highest BCUT2D eigenvalue weighted by atomic mass is 16.5. The average Bonchev–Trinajstić information content (AvgIpc) is 2.53. The fraction of sp³-hybridized carbons (Fsp3) is 0.467. The van der Waals surface area contributed by atoms with Crippen molar-refractivity contribution in [3.05, 3.63) is 29.5 Å². The minimum atomic E-state index is -0.814. The van der Waals surface area contributed by atoms with Crippen molar-refractivity contribution in [1.82, 2.24) is 0 Å². The van der Waals surface area contributed by atoms with Gasteiger partial charge in [-0.3, -0.25) is 0 Å². The Morgan fingerprint density at radius 3 is 2.20 bits per heavy atom. The first-order chi connectivity index (χ1) is 9.71. The molecule has 110 valence electrons. The zero-order valence-electron chi connectivity index (χ0n) is 12.0. The van der Waals surface area contributed by atoms with E-state index >= 15 is 0 Å². The van der Waals surface area contributed by atoms with Gasteiger partial charge in [-0.1, -0.05) is 0 Å². The molecule has 0 saturated carbocycles. The number of rotatable bonds is 5. The SMILES string of the molecule is COc1cc(OC)c(C(O)C2=COCCC2)c(OC)c1. The van der Waals surface area contributed by atoms with Crippen molar-refractivity contribution in [3.8, 4) is 17.2 Å². The van der Waals surface area contributed by atoms with Crippen LogP contribution in [0.15, 0.2) is 24.0 Å². The predicted octanol–water partition coefficient (Wildman–Crippen LogP) is 2.44. The Hall–Kier alpha value is -1.88. The molecule has 0 saturated heterocycles. The van der Waals surface area contributed by atoms with Gasteiger partial charge in [-0.15, -0.1) is 0 Å². The number of benzene rings is 1. The summed E-state index contributed by atoms with van der Waals surface area (Å²) >= 11 is 0. The van der Waals surface area contributed by atoms with E-state index in [4.69, 9.17) is 18.9 Å². The Morgan fingerprint density at radius 2 is 1.75 bits per heavy atom. The lowest BCUT2D eigenvalue weighted by molar-refractivity contribution is 0.165. The third kappa shape index (κ3) is 2.82. The monoisotopic (exact) mass is 280 g/mol. The maximum Gasteiger partial charge on any atom is 0.132 e. The van der Waals surface area contributed by atoms with Gasteiger partial charge in [0.05, 0.1) is 39.8 Å². The van der Waals surface area contributed by atoms with Crippen molar-refractivity contribution in [1.29, 1.82) is 0 Å². The second-order valence-electron chi connectivity index (χ2n) is 4.52. The van der Waals surface area contributed by atoms with Gasteiger partial charge in [0.25, 0.3) is 0 Å². The molecule has 2 rings (SSSR count). The van der Waals surface area contributed by atoms with Gasteiger partial charge in [-0.2, -0.15) is 0 Å². The molecule has 1 N–H and O–H groups in total. The quantitative estimate of drug-likeness (QED) is 0.897. The molecule has 1 aliphatic rings. The van der Waals surface area contributed by atoms with Crippen LogP contribution in [-0.2, 0) is 4.74 Å². The molecule has 0 aliphatic carbocycles. The first-order valence-corrected chi connectivity index (χ1v) is 6.49. The number of methoxy groups -OCH3 is 3. The molecule has 0 aromatic heterocycles. The molecule has 1 heterocycles. The Bertz CT molecular complexity index is 470. The van der Waals surface area contributed by atoms with Crippen LogP contribution in [0.25, 0.3) is 0 Å². The van der Waals surface area contributed by atoms with Gasteiger partial charge >= 0.3 is 0 Å². The summed E-state index contributed by atoms with van der Waals surface area (Å²) in [6.45, 7) is 0.688. The summed E-state index contributed by atoms with van der Waals surface area (Å²) in [6, 6.07) is 3.45. The Morgan fingerprint density at radius 1 is 1.10 bits per heavy atom. The molecule has 0 fully saturated rings. The zero-order chi connectivity index (χ0) is 14.5. The third-order valence-electron chi connectivity index (χ3n) is 3.34. The second kappa shape index (κ2) is 6.52. The van der Waals surface area contributed by atoms with Crippen molar-refractivity contribution in [2.75, 3.05) is 27.9 Å². The highest BCUT2D eigenvalue weighted by Crippen LogP contribution is 2.42. The van der Waals surface area contributed by atoms with Crippen LogP contribution in [0.1, 0.15) is 24.5 Å². The lowest BCUT2D eigenvalue weighted by Crippen LogP contribution is -2.10. The highest BCUT2D eigenvalue weighted by Gasteiger charge is 2.25. The predicted molar refractivity (Wildman–Crippen MR) is 74.3 cm³/mol. The van der Waals surface area contributed by atoms with Gasteiger partial charge in [0.15, 0.2) is 0 Å². The number of hydrogen-bond donors (Lipinski definition) is 1. The summed E-state index contributed by atoms with van der Waals surface area (Å²) in [5.41, 5.74) is 1.41. The van der Waals surface area contributed by atoms with Crippen molar-refractivity contribution < 1.29 is 24.1 Å². The van der Waals surface area contributed by atoms with E-state index < -0.39 is 6.10 Å².